The van der Waals surface area contributed by atoms with Crippen LogP contribution in [0.4, 0.5) is 5.82 Å². The van der Waals surface area contributed by atoms with Gasteiger partial charge < -0.3 is 9.42 Å². The van der Waals surface area contributed by atoms with E-state index in [1.165, 1.54) is 19.3 Å². The van der Waals surface area contributed by atoms with Crippen molar-refractivity contribution in [2.45, 2.75) is 59.8 Å². The maximum Gasteiger partial charge on any atom is 0.143 e. The van der Waals surface area contributed by atoms with Crippen LogP contribution in [0.1, 0.15) is 61.9 Å². The first-order valence-corrected chi connectivity index (χ1v) is 9.52. The van der Waals surface area contributed by atoms with Gasteiger partial charge in [0, 0.05) is 24.6 Å². The molecule has 0 aromatic carbocycles. The van der Waals surface area contributed by atoms with Crippen molar-refractivity contribution in [3.63, 3.8) is 0 Å². The number of anilines is 1. The zero-order valence-electron chi connectivity index (χ0n) is 16.0. The van der Waals surface area contributed by atoms with E-state index in [2.05, 4.69) is 30.8 Å². The Morgan fingerprint density at radius 3 is 2.28 bits per heavy atom. The fourth-order valence-electron chi connectivity index (χ4n) is 4.56. The van der Waals surface area contributed by atoms with E-state index in [4.69, 9.17) is 14.5 Å². The molecule has 1 saturated heterocycles. The lowest BCUT2D eigenvalue weighted by atomic mass is 10.0. The van der Waals surface area contributed by atoms with Gasteiger partial charge in [-0.3, -0.25) is 0 Å². The third-order valence-corrected chi connectivity index (χ3v) is 5.95. The van der Waals surface area contributed by atoms with E-state index in [9.17, 15) is 0 Å². The molecule has 2 aromatic rings. The lowest BCUT2D eigenvalue weighted by Gasteiger charge is -2.23. The van der Waals surface area contributed by atoms with Crippen LogP contribution in [-0.4, -0.2) is 28.2 Å². The molecule has 1 aliphatic heterocycles. The first-order chi connectivity index (χ1) is 12.0. The molecule has 2 aromatic heterocycles. The van der Waals surface area contributed by atoms with Crippen molar-refractivity contribution < 1.29 is 4.52 Å². The van der Waals surface area contributed by atoms with E-state index < -0.39 is 0 Å². The standard InChI is InChI=1S/C20H28N4O/c1-11(2)19-21-18(17-13(4)23-25-14(17)5)12(3)20(22-19)24-9-15-7-6-8-16(15)10-24/h11,15-16H,6-10H2,1-5H3/t15-,16+. The molecule has 25 heavy (non-hydrogen) atoms. The Kier molecular flexibility index (Phi) is 4.05. The van der Waals surface area contributed by atoms with E-state index in [0.717, 1.165) is 64.8 Å². The molecule has 0 N–H and O–H groups in total. The molecular weight excluding hydrogens is 312 g/mol. The third kappa shape index (κ3) is 2.74. The molecule has 1 aliphatic carbocycles. The van der Waals surface area contributed by atoms with Crippen LogP contribution in [0.25, 0.3) is 11.3 Å². The highest BCUT2D eigenvalue weighted by atomic mass is 16.5. The Hall–Kier alpha value is -1.91. The van der Waals surface area contributed by atoms with Gasteiger partial charge in [-0.15, -0.1) is 0 Å². The number of fused-ring (bicyclic) bond motifs is 1. The quantitative estimate of drug-likeness (QED) is 0.828. The number of aryl methyl sites for hydroxylation is 2. The molecule has 5 heteroatoms. The van der Waals surface area contributed by atoms with E-state index in [1.807, 2.05) is 13.8 Å². The number of aromatic nitrogens is 3. The Morgan fingerprint density at radius 2 is 1.72 bits per heavy atom. The summed E-state index contributed by atoms with van der Waals surface area (Å²) in [6, 6.07) is 0. The first-order valence-electron chi connectivity index (χ1n) is 9.52. The zero-order valence-corrected chi connectivity index (χ0v) is 16.0. The van der Waals surface area contributed by atoms with E-state index >= 15 is 0 Å². The molecule has 5 nitrogen and oxygen atoms in total. The van der Waals surface area contributed by atoms with Gasteiger partial charge in [-0.2, -0.15) is 0 Å². The molecule has 134 valence electrons. The minimum Gasteiger partial charge on any atom is -0.361 e. The van der Waals surface area contributed by atoms with E-state index in [1.54, 1.807) is 0 Å². The molecular formula is C20H28N4O. The van der Waals surface area contributed by atoms with Crippen molar-refractivity contribution in [1.29, 1.82) is 0 Å². The summed E-state index contributed by atoms with van der Waals surface area (Å²) in [5.74, 6) is 4.84. The number of nitrogens with zero attached hydrogens (tertiary/aromatic N) is 4. The van der Waals surface area contributed by atoms with Crippen LogP contribution in [0.3, 0.4) is 0 Å². The number of rotatable bonds is 3. The Morgan fingerprint density at radius 1 is 1.04 bits per heavy atom. The van der Waals surface area contributed by atoms with Crippen molar-refractivity contribution in [3.8, 4) is 11.3 Å². The summed E-state index contributed by atoms with van der Waals surface area (Å²) >= 11 is 0. The minimum atomic E-state index is 0.292. The highest BCUT2D eigenvalue weighted by molar-refractivity contribution is 5.72. The largest absolute Gasteiger partial charge is 0.361 e. The monoisotopic (exact) mass is 340 g/mol. The van der Waals surface area contributed by atoms with Gasteiger partial charge in [-0.05, 0) is 45.4 Å². The van der Waals surface area contributed by atoms with Crippen LogP contribution >= 0.6 is 0 Å². The summed E-state index contributed by atoms with van der Waals surface area (Å²) in [4.78, 5) is 12.4. The molecule has 0 amide bonds. The second-order valence-electron chi connectivity index (χ2n) is 8.09. The summed E-state index contributed by atoms with van der Waals surface area (Å²) in [6.45, 7) is 12.7. The van der Waals surface area contributed by atoms with Crippen molar-refractivity contribution in [1.82, 2.24) is 15.1 Å². The highest BCUT2D eigenvalue weighted by Crippen LogP contribution is 2.41. The van der Waals surface area contributed by atoms with Gasteiger partial charge in [0.1, 0.15) is 17.4 Å². The van der Waals surface area contributed by atoms with Crippen molar-refractivity contribution in [2.75, 3.05) is 18.0 Å². The fraction of sp³-hybridized carbons (Fsp3) is 0.650. The van der Waals surface area contributed by atoms with E-state index in [-0.39, 0.29) is 0 Å². The minimum absolute atomic E-state index is 0.292. The molecule has 4 rings (SSSR count). The summed E-state index contributed by atoms with van der Waals surface area (Å²) in [5.41, 5.74) is 4.07. The number of hydrogen-bond acceptors (Lipinski definition) is 5. The maximum atomic E-state index is 5.41. The molecule has 2 fully saturated rings. The molecule has 0 spiro atoms. The van der Waals surface area contributed by atoms with Crippen LogP contribution in [0, 0.1) is 32.6 Å². The molecule has 0 radical (unpaired) electrons. The second kappa shape index (κ2) is 6.11. The second-order valence-corrected chi connectivity index (χ2v) is 8.09. The van der Waals surface area contributed by atoms with Crippen LogP contribution in [-0.2, 0) is 0 Å². The molecule has 1 saturated carbocycles. The first kappa shape index (κ1) is 16.6. The van der Waals surface area contributed by atoms with Gasteiger partial charge in [0.25, 0.3) is 0 Å². The highest BCUT2D eigenvalue weighted by Gasteiger charge is 2.37. The Labute approximate surface area is 149 Å². The van der Waals surface area contributed by atoms with Gasteiger partial charge in [0.15, 0.2) is 0 Å². The summed E-state index contributed by atoms with van der Waals surface area (Å²) in [6.07, 6.45) is 4.14. The Balaban J connectivity index is 1.82. The molecule has 0 unspecified atom stereocenters. The Bertz CT molecular complexity index is 764. The molecule has 2 aliphatic rings. The summed E-state index contributed by atoms with van der Waals surface area (Å²) < 4.78 is 5.41. The predicted molar refractivity (Wildman–Crippen MR) is 98.9 cm³/mol. The van der Waals surface area contributed by atoms with Crippen LogP contribution < -0.4 is 4.90 Å². The van der Waals surface area contributed by atoms with Crippen LogP contribution in [0.5, 0.6) is 0 Å². The lowest BCUT2D eigenvalue weighted by molar-refractivity contribution is 0.393. The van der Waals surface area contributed by atoms with Gasteiger partial charge in [-0.25, -0.2) is 9.97 Å². The molecule has 0 bridgehead atoms. The van der Waals surface area contributed by atoms with Crippen LogP contribution in [0.15, 0.2) is 4.52 Å². The van der Waals surface area contributed by atoms with Crippen LogP contribution in [0.2, 0.25) is 0 Å². The normalized spacial score (nSPS) is 22.9. The average Bonchev–Trinajstić information content (AvgIpc) is 3.23. The topological polar surface area (TPSA) is 55.1 Å². The zero-order chi connectivity index (χ0) is 17.7. The smallest absolute Gasteiger partial charge is 0.143 e. The van der Waals surface area contributed by atoms with Gasteiger partial charge in [0.2, 0.25) is 0 Å². The predicted octanol–water partition coefficient (Wildman–Crippen LogP) is 4.42. The SMILES string of the molecule is Cc1noc(C)c1-c1nc(C(C)C)nc(N2C[C@H]3CCC[C@H]3C2)c1C. The molecule has 3 heterocycles. The molecule has 2 atom stereocenters. The maximum absolute atomic E-state index is 5.41. The third-order valence-electron chi connectivity index (χ3n) is 5.95. The van der Waals surface area contributed by atoms with E-state index in [0.29, 0.717) is 5.92 Å². The van der Waals surface area contributed by atoms with Crippen molar-refractivity contribution in [3.05, 3.63) is 22.8 Å². The van der Waals surface area contributed by atoms with Gasteiger partial charge in [0.05, 0.1) is 17.0 Å². The number of hydrogen-bond donors (Lipinski definition) is 0. The van der Waals surface area contributed by atoms with Crippen molar-refractivity contribution in [2.24, 2.45) is 11.8 Å². The fourth-order valence-corrected chi connectivity index (χ4v) is 4.56. The van der Waals surface area contributed by atoms with Gasteiger partial charge >= 0.3 is 0 Å². The average molecular weight is 340 g/mol. The van der Waals surface area contributed by atoms with Gasteiger partial charge in [-0.1, -0.05) is 25.4 Å². The van der Waals surface area contributed by atoms with Crippen molar-refractivity contribution >= 4 is 5.82 Å². The lowest BCUT2D eigenvalue weighted by Crippen LogP contribution is -2.24. The summed E-state index contributed by atoms with van der Waals surface area (Å²) in [7, 11) is 0. The summed E-state index contributed by atoms with van der Waals surface area (Å²) in [5, 5.41) is 4.13.